The molecule has 2 heterocycles. The van der Waals surface area contributed by atoms with Gasteiger partial charge in [0.1, 0.15) is 16.3 Å². The zero-order valence-electron chi connectivity index (χ0n) is 21.3. The van der Waals surface area contributed by atoms with Crippen LogP contribution in [0.5, 0.6) is 5.75 Å². The molecular formula is C27H28N4O4S2. The number of thiophene rings is 1. The third kappa shape index (κ3) is 6.03. The van der Waals surface area contributed by atoms with Crippen molar-refractivity contribution in [2.45, 2.75) is 32.0 Å². The van der Waals surface area contributed by atoms with E-state index in [9.17, 15) is 9.59 Å². The van der Waals surface area contributed by atoms with Gasteiger partial charge in [-0.05, 0) is 38.5 Å². The van der Waals surface area contributed by atoms with Crippen LogP contribution in [0.1, 0.15) is 39.7 Å². The minimum atomic E-state index is -0.494. The minimum absolute atomic E-state index is 0.0946. The number of benzene rings is 2. The Morgan fingerprint density at radius 2 is 1.78 bits per heavy atom. The Hall–Kier alpha value is -3.63. The van der Waals surface area contributed by atoms with E-state index in [0.717, 1.165) is 27.3 Å². The summed E-state index contributed by atoms with van der Waals surface area (Å²) >= 11 is 2.61. The zero-order chi connectivity index (χ0) is 26.5. The number of hydrogen-bond acceptors (Lipinski definition) is 8. The number of nitrogens with one attached hydrogen (secondary N) is 1. The van der Waals surface area contributed by atoms with Crippen LogP contribution in [0.3, 0.4) is 0 Å². The van der Waals surface area contributed by atoms with Gasteiger partial charge in [0.25, 0.3) is 0 Å². The maximum Gasteiger partial charge on any atom is 0.341 e. The monoisotopic (exact) mass is 536 g/mol. The molecule has 4 rings (SSSR count). The van der Waals surface area contributed by atoms with E-state index in [0.29, 0.717) is 21.5 Å². The highest BCUT2D eigenvalue weighted by Crippen LogP contribution is 2.40. The van der Waals surface area contributed by atoms with Crippen molar-refractivity contribution in [2.24, 2.45) is 7.05 Å². The molecule has 1 unspecified atom stereocenters. The van der Waals surface area contributed by atoms with E-state index in [4.69, 9.17) is 9.47 Å². The zero-order valence-corrected chi connectivity index (χ0v) is 22.9. The topological polar surface area (TPSA) is 95.3 Å². The number of aryl methyl sites for hydroxylation is 2. The van der Waals surface area contributed by atoms with Crippen molar-refractivity contribution in [1.29, 1.82) is 0 Å². The molecule has 0 radical (unpaired) electrons. The lowest BCUT2D eigenvalue weighted by Crippen LogP contribution is -2.16. The lowest BCUT2D eigenvalue weighted by molar-refractivity contribution is -0.113. The van der Waals surface area contributed by atoms with Gasteiger partial charge in [-0.1, -0.05) is 59.8 Å². The molecule has 10 heteroatoms. The molecule has 192 valence electrons. The van der Waals surface area contributed by atoms with E-state index in [1.807, 2.05) is 87.0 Å². The molecule has 37 heavy (non-hydrogen) atoms. The second kappa shape index (κ2) is 11.6. The van der Waals surface area contributed by atoms with Crippen molar-refractivity contribution in [3.8, 4) is 16.9 Å². The van der Waals surface area contributed by atoms with Crippen LogP contribution in [0.25, 0.3) is 11.1 Å². The van der Waals surface area contributed by atoms with Gasteiger partial charge in [0.05, 0.1) is 12.9 Å². The summed E-state index contributed by atoms with van der Waals surface area (Å²) in [5.41, 5.74) is 3.17. The Morgan fingerprint density at radius 3 is 2.46 bits per heavy atom. The van der Waals surface area contributed by atoms with Gasteiger partial charge >= 0.3 is 5.97 Å². The molecule has 1 atom stereocenters. The highest BCUT2D eigenvalue weighted by Gasteiger charge is 2.25. The predicted molar refractivity (Wildman–Crippen MR) is 146 cm³/mol. The number of anilines is 1. The summed E-state index contributed by atoms with van der Waals surface area (Å²) in [5.74, 6) is 0.739. The summed E-state index contributed by atoms with van der Waals surface area (Å²) in [5, 5.41) is 12.4. The first-order valence-corrected chi connectivity index (χ1v) is 13.4. The van der Waals surface area contributed by atoms with E-state index in [2.05, 4.69) is 15.5 Å². The predicted octanol–water partition coefficient (Wildman–Crippen LogP) is 5.82. The van der Waals surface area contributed by atoms with Crippen LogP contribution < -0.4 is 10.1 Å². The Labute approximate surface area is 224 Å². The van der Waals surface area contributed by atoms with Crippen LogP contribution >= 0.6 is 23.1 Å². The van der Waals surface area contributed by atoms with Crippen LogP contribution in [0.4, 0.5) is 5.00 Å². The SMILES string of the molecule is COC(=O)c1c(NC(=O)CSc2nnc(C(C)Oc3ccc(C)cc3)n2C)sc(C)c1-c1ccccc1. The number of carbonyl (C=O) groups is 2. The van der Waals surface area contributed by atoms with Crippen LogP contribution in [0.15, 0.2) is 59.8 Å². The van der Waals surface area contributed by atoms with Crippen molar-refractivity contribution < 1.29 is 19.1 Å². The fraction of sp³-hybridized carbons (Fsp3) is 0.259. The molecule has 0 bridgehead atoms. The quantitative estimate of drug-likeness (QED) is 0.213. The molecule has 4 aromatic rings. The van der Waals surface area contributed by atoms with E-state index in [-0.39, 0.29) is 17.8 Å². The lowest BCUT2D eigenvalue weighted by Gasteiger charge is -2.14. The first kappa shape index (κ1) is 26.4. The number of amides is 1. The van der Waals surface area contributed by atoms with Crippen LogP contribution in [-0.4, -0.2) is 39.5 Å². The molecule has 8 nitrogen and oxygen atoms in total. The molecule has 1 amide bonds. The van der Waals surface area contributed by atoms with Crippen molar-refractivity contribution in [1.82, 2.24) is 14.8 Å². The van der Waals surface area contributed by atoms with Gasteiger partial charge in [0.2, 0.25) is 5.91 Å². The molecule has 1 N–H and O–H groups in total. The van der Waals surface area contributed by atoms with Gasteiger partial charge in [-0.25, -0.2) is 4.79 Å². The first-order chi connectivity index (χ1) is 17.8. The number of methoxy groups -OCH3 is 1. The molecule has 0 aliphatic rings. The smallest absolute Gasteiger partial charge is 0.341 e. The van der Waals surface area contributed by atoms with Gasteiger partial charge in [-0.3, -0.25) is 4.79 Å². The number of ether oxygens (including phenoxy) is 2. The van der Waals surface area contributed by atoms with Gasteiger partial charge < -0.3 is 19.4 Å². The number of rotatable bonds is 9. The number of aromatic nitrogens is 3. The Kier molecular flexibility index (Phi) is 8.30. The third-order valence-corrected chi connectivity index (χ3v) is 7.73. The summed E-state index contributed by atoms with van der Waals surface area (Å²) in [6.07, 6.45) is -0.323. The Bertz CT molecular complexity index is 1400. The molecule has 2 aromatic carbocycles. The van der Waals surface area contributed by atoms with E-state index >= 15 is 0 Å². The Balaban J connectivity index is 1.44. The number of nitrogens with zero attached hydrogens (tertiary/aromatic N) is 3. The van der Waals surface area contributed by atoms with Gasteiger partial charge in [-0.15, -0.1) is 21.5 Å². The minimum Gasteiger partial charge on any atom is -0.483 e. The van der Waals surface area contributed by atoms with Gasteiger partial charge in [0.15, 0.2) is 17.1 Å². The van der Waals surface area contributed by atoms with E-state index < -0.39 is 5.97 Å². The van der Waals surface area contributed by atoms with Crippen molar-refractivity contribution in [3.05, 3.63) is 76.4 Å². The Morgan fingerprint density at radius 1 is 1.08 bits per heavy atom. The molecule has 0 spiro atoms. The second-order valence-corrected chi connectivity index (χ2v) is 10.6. The van der Waals surface area contributed by atoms with Gasteiger partial charge in [0, 0.05) is 17.5 Å². The number of esters is 1. The largest absolute Gasteiger partial charge is 0.483 e. The average Bonchev–Trinajstić information content (AvgIpc) is 3.42. The fourth-order valence-electron chi connectivity index (χ4n) is 3.85. The maximum atomic E-state index is 12.9. The number of hydrogen-bond donors (Lipinski definition) is 1. The summed E-state index contributed by atoms with van der Waals surface area (Å²) in [7, 11) is 3.18. The number of carbonyl (C=O) groups excluding carboxylic acids is 2. The molecule has 0 saturated carbocycles. The van der Waals surface area contributed by atoms with Crippen LogP contribution in [0, 0.1) is 13.8 Å². The average molecular weight is 537 g/mol. The summed E-state index contributed by atoms with van der Waals surface area (Å²) in [6.45, 7) is 5.85. The van der Waals surface area contributed by atoms with E-state index in [1.165, 1.54) is 30.2 Å². The molecular weight excluding hydrogens is 508 g/mol. The normalized spacial score (nSPS) is 11.7. The maximum absolute atomic E-state index is 12.9. The standard InChI is InChI=1S/C27H28N4O4S2/c1-16-11-13-20(14-12-16)35-17(2)24-29-30-27(31(24)4)36-15-21(32)28-25-23(26(33)34-5)22(18(3)37-25)19-9-7-6-8-10-19/h6-14,17H,15H2,1-5H3,(H,28,32). The van der Waals surface area contributed by atoms with Crippen molar-refractivity contribution >= 4 is 40.0 Å². The van der Waals surface area contributed by atoms with Crippen molar-refractivity contribution in [3.63, 3.8) is 0 Å². The summed E-state index contributed by atoms with van der Waals surface area (Å²) in [6, 6.07) is 17.4. The molecule has 0 aliphatic heterocycles. The van der Waals surface area contributed by atoms with Crippen LogP contribution in [0.2, 0.25) is 0 Å². The van der Waals surface area contributed by atoms with Crippen molar-refractivity contribution in [2.75, 3.05) is 18.2 Å². The lowest BCUT2D eigenvalue weighted by atomic mass is 10.0. The molecule has 2 aromatic heterocycles. The molecule has 0 fully saturated rings. The number of thioether (sulfide) groups is 1. The van der Waals surface area contributed by atoms with Crippen LogP contribution in [-0.2, 0) is 16.6 Å². The third-order valence-electron chi connectivity index (χ3n) is 5.69. The highest BCUT2D eigenvalue weighted by atomic mass is 32.2. The second-order valence-electron chi connectivity index (χ2n) is 8.40. The highest BCUT2D eigenvalue weighted by molar-refractivity contribution is 7.99. The van der Waals surface area contributed by atoms with E-state index in [1.54, 1.807) is 0 Å². The van der Waals surface area contributed by atoms with Gasteiger partial charge in [-0.2, -0.15) is 0 Å². The fourth-order valence-corrected chi connectivity index (χ4v) is 5.65. The summed E-state index contributed by atoms with van der Waals surface area (Å²) in [4.78, 5) is 26.4. The molecule has 0 saturated heterocycles. The summed E-state index contributed by atoms with van der Waals surface area (Å²) < 4.78 is 12.8. The first-order valence-electron chi connectivity index (χ1n) is 11.6. The molecule has 0 aliphatic carbocycles.